The maximum Gasteiger partial charge on any atom is 0.0849 e. The van der Waals surface area contributed by atoms with Gasteiger partial charge >= 0.3 is 0 Å². The van der Waals surface area contributed by atoms with E-state index in [1.807, 2.05) is 38.1 Å². The van der Waals surface area contributed by atoms with E-state index in [2.05, 4.69) is 71.9 Å². The summed E-state index contributed by atoms with van der Waals surface area (Å²) in [5.74, 6) is 0. The first-order valence-corrected chi connectivity index (χ1v) is 10.8. The summed E-state index contributed by atoms with van der Waals surface area (Å²) in [6, 6.07) is 18.7. The number of rotatable bonds is 4. The molecule has 0 unspecified atom stereocenters. The Morgan fingerprint density at radius 3 is 1.87 bits per heavy atom. The second-order valence-corrected chi connectivity index (χ2v) is 9.32. The van der Waals surface area contributed by atoms with Gasteiger partial charge in [-0.1, -0.05) is 62.7 Å². The maximum atomic E-state index is 4.93. The number of pyridine rings is 1. The third-order valence-electron chi connectivity index (χ3n) is 5.41. The molecule has 3 heteroatoms. The van der Waals surface area contributed by atoms with E-state index < -0.39 is 0 Å². The molecule has 31 heavy (non-hydrogen) atoms. The van der Waals surface area contributed by atoms with Gasteiger partial charge < -0.3 is 0 Å². The average Bonchev–Trinajstić information content (AvgIpc) is 2.70. The molecule has 3 nitrogen and oxygen atoms in total. The fraction of sp³-hybridized carbons (Fsp3) is 0.321. The third kappa shape index (κ3) is 5.35. The smallest absolute Gasteiger partial charge is 0.0849 e. The Kier molecular flexibility index (Phi) is 6.54. The molecular formula is C28H33N3. The van der Waals surface area contributed by atoms with E-state index in [1.165, 1.54) is 22.3 Å². The van der Waals surface area contributed by atoms with Crippen molar-refractivity contribution in [3.8, 4) is 0 Å². The van der Waals surface area contributed by atoms with Gasteiger partial charge in [0.15, 0.2) is 0 Å². The van der Waals surface area contributed by atoms with E-state index >= 15 is 0 Å². The van der Waals surface area contributed by atoms with Crippen LogP contribution in [0.2, 0.25) is 0 Å². The van der Waals surface area contributed by atoms with Crippen molar-refractivity contribution >= 4 is 22.8 Å². The predicted molar refractivity (Wildman–Crippen MR) is 134 cm³/mol. The number of benzene rings is 2. The first kappa shape index (κ1) is 22.6. The van der Waals surface area contributed by atoms with Gasteiger partial charge in [-0.05, 0) is 74.9 Å². The minimum atomic E-state index is 0.0304. The molecule has 1 heterocycles. The molecule has 0 aliphatic carbocycles. The molecule has 0 fully saturated rings. The fourth-order valence-corrected chi connectivity index (χ4v) is 3.85. The average molecular weight is 412 g/mol. The highest BCUT2D eigenvalue weighted by Gasteiger charge is 2.17. The van der Waals surface area contributed by atoms with E-state index in [1.54, 1.807) is 0 Å². The standard InChI is InChI=1S/C28H33N3/c1-18-16-19(2)27(20(3)17-18)30-22(5)25-15-11-14-24(31-25)21(4)29-26-13-10-9-12-23(26)28(6,7)8/h9-17H,1-8H3/b29-21+,30-22+. The summed E-state index contributed by atoms with van der Waals surface area (Å²) in [4.78, 5) is 14.7. The highest BCUT2D eigenvalue weighted by molar-refractivity contribution is 6.02. The SMILES string of the molecule is C/C(=N\c1ccccc1C(C)(C)C)c1cccc(/C(C)=N/c2c(C)cc(C)cc2C)n1. The van der Waals surface area contributed by atoms with Crippen LogP contribution < -0.4 is 0 Å². The van der Waals surface area contributed by atoms with Crippen molar-refractivity contribution in [1.29, 1.82) is 0 Å². The molecule has 0 aliphatic rings. The molecule has 0 atom stereocenters. The Morgan fingerprint density at radius 1 is 0.742 bits per heavy atom. The van der Waals surface area contributed by atoms with Gasteiger partial charge in [0, 0.05) is 0 Å². The van der Waals surface area contributed by atoms with Crippen LogP contribution in [0.4, 0.5) is 11.4 Å². The molecular weight excluding hydrogens is 378 g/mol. The minimum absolute atomic E-state index is 0.0304. The van der Waals surface area contributed by atoms with Crippen molar-refractivity contribution < 1.29 is 0 Å². The molecule has 0 saturated heterocycles. The topological polar surface area (TPSA) is 37.6 Å². The lowest BCUT2D eigenvalue weighted by molar-refractivity contribution is 0.591. The molecule has 160 valence electrons. The second kappa shape index (κ2) is 8.97. The van der Waals surface area contributed by atoms with Gasteiger partial charge in [0.1, 0.15) is 0 Å². The summed E-state index contributed by atoms with van der Waals surface area (Å²) in [5, 5.41) is 0. The van der Waals surface area contributed by atoms with Crippen LogP contribution in [0.15, 0.2) is 64.6 Å². The van der Waals surface area contributed by atoms with Gasteiger partial charge in [0.05, 0.1) is 34.2 Å². The summed E-state index contributed by atoms with van der Waals surface area (Å²) in [7, 11) is 0. The molecule has 0 bridgehead atoms. The van der Waals surface area contributed by atoms with Crippen LogP contribution in [0.1, 0.15) is 68.3 Å². The van der Waals surface area contributed by atoms with E-state index in [0.717, 1.165) is 34.2 Å². The van der Waals surface area contributed by atoms with Crippen molar-refractivity contribution in [2.24, 2.45) is 9.98 Å². The Bertz CT molecular complexity index is 1140. The summed E-state index contributed by atoms with van der Waals surface area (Å²) < 4.78 is 0. The van der Waals surface area contributed by atoms with Gasteiger partial charge in [-0.3, -0.25) is 9.98 Å². The van der Waals surface area contributed by atoms with Crippen LogP contribution >= 0.6 is 0 Å². The summed E-state index contributed by atoms with van der Waals surface area (Å²) in [6.07, 6.45) is 0. The summed E-state index contributed by atoms with van der Waals surface area (Å²) >= 11 is 0. The molecule has 0 radical (unpaired) electrons. The zero-order chi connectivity index (χ0) is 22.8. The molecule has 2 aromatic carbocycles. The Balaban J connectivity index is 1.98. The zero-order valence-corrected chi connectivity index (χ0v) is 20.0. The number of hydrogen-bond donors (Lipinski definition) is 0. The molecule has 0 saturated carbocycles. The molecule has 3 aromatic rings. The van der Waals surface area contributed by atoms with Gasteiger partial charge in [0.2, 0.25) is 0 Å². The van der Waals surface area contributed by atoms with Gasteiger partial charge in [-0.2, -0.15) is 0 Å². The number of nitrogens with zero attached hydrogens (tertiary/aromatic N) is 3. The van der Waals surface area contributed by atoms with Crippen molar-refractivity contribution in [2.75, 3.05) is 0 Å². The fourth-order valence-electron chi connectivity index (χ4n) is 3.85. The minimum Gasteiger partial charge on any atom is -0.251 e. The van der Waals surface area contributed by atoms with Gasteiger partial charge in [-0.15, -0.1) is 0 Å². The normalized spacial score (nSPS) is 12.9. The number of aryl methyl sites for hydroxylation is 3. The molecule has 0 N–H and O–H groups in total. The number of aromatic nitrogens is 1. The monoisotopic (exact) mass is 411 g/mol. The van der Waals surface area contributed by atoms with Crippen molar-refractivity contribution in [1.82, 2.24) is 4.98 Å². The highest BCUT2D eigenvalue weighted by atomic mass is 14.8. The number of para-hydroxylation sites is 1. The second-order valence-electron chi connectivity index (χ2n) is 9.32. The molecule has 0 spiro atoms. The lowest BCUT2D eigenvalue weighted by Crippen LogP contribution is -2.11. The quantitative estimate of drug-likeness (QED) is 0.408. The van der Waals surface area contributed by atoms with Crippen LogP contribution in [0.5, 0.6) is 0 Å². The Hall–Kier alpha value is -3.07. The maximum absolute atomic E-state index is 4.93. The van der Waals surface area contributed by atoms with E-state index in [4.69, 9.17) is 15.0 Å². The first-order valence-electron chi connectivity index (χ1n) is 10.8. The summed E-state index contributed by atoms with van der Waals surface area (Å²) in [6.45, 7) is 17.0. The van der Waals surface area contributed by atoms with Crippen molar-refractivity contribution in [2.45, 2.75) is 60.8 Å². The number of aliphatic imine (C=N–C) groups is 2. The third-order valence-corrected chi connectivity index (χ3v) is 5.41. The summed E-state index contributed by atoms with van der Waals surface area (Å²) in [5.41, 5.74) is 10.5. The van der Waals surface area contributed by atoms with Crippen LogP contribution in [-0.2, 0) is 5.41 Å². The Morgan fingerprint density at radius 2 is 1.29 bits per heavy atom. The van der Waals surface area contributed by atoms with Gasteiger partial charge in [0.25, 0.3) is 0 Å². The number of hydrogen-bond acceptors (Lipinski definition) is 3. The van der Waals surface area contributed by atoms with Crippen LogP contribution in [0.25, 0.3) is 0 Å². The lowest BCUT2D eigenvalue weighted by atomic mass is 9.86. The Labute approximate surface area is 187 Å². The van der Waals surface area contributed by atoms with Crippen LogP contribution in [0.3, 0.4) is 0 Å². The largest absolute Gasteiger partial charge is 0.251 e. The van der Waals surface area contributed by atoms with Crippen molar-refractivity contribution in [3.63, 3.8) is 0 Å². The van der Waals surface area contributed by atoms with Crippen molar-refractivity contribution in [3.05, 3.63) is 88.2 Å². The lowest BCUT2D eigenvalue weighted by Gasteiger charge is -2.21. The van der Waals surface area contributed by atoms with Crippen LogP contribution in [-0.4, -0.2) is 16.4 Å². The first-order chi connectivity index (χ1) is 14.6. The highest BCUT2D eigenvalue weighted by Crippen LogP contribution is 2.31. The van der Waals surface area contributed by atoms with E-state index in [0.29, 0.717) is 0 Å². The molecule has 1 aromatic heterocycles. The van der Waals surface area contributed by atoms with Crippen LogP contribution in [0, 0.1) is 20.8 Å². The van der Waals surface area contributed by atoms with E-state index in [9.17, 15) is 0 Å². The predicted octanol–water partition coefficient (Wildman–Crippen LogP) is 7.59. The van der Waals surface area contributed by atoms with Gasteiger partial charge in [-0.25, -0.2) is 4.98 Å². The van der Waals surface area contributed by atoms with E-state index in [-0.39, 0.29) is 5.41 Å². The molecule has 0 aliphatic heterocycles. The molecule has 3 rings (SSSR count). The molecule has 0 amide bonds. The zero-order valence-electron chi connectivity index (χ0n) is 20.0.